The van der Waals surface area contributed by atoms with Crippen molar-refractivity contribution in [3.8, 4) is 0 Å². The van der Waals surface area contributed by atoms with E-state index in [1.165, 1.54) is 24.8 Å². The molecule has 3 nitrogen and oxygen atoms in total. The lowest BCUT2D eigenvalue weighted by atomic mass is 10.6. The molecule has 0 N–H and O–H groups in total. The monoisotopic (exact) mass is 144 g/mol. The highest BCUT2D eigenvalue weighted by Gasteiger charge is 1.71. The Morgan fingerprint density at radius 3 is 2.89 bits per heavy atom. The van der Waals surface area contributed by atoms with Crippen LogP contribution in [0.2, 0.25) is 0 Å². The van der Waals surface area contributed by atoms with Crippen LogP contribution in [0.15, 0.2) is 29.6 Å². The number of nitrogens with zero attached hydrogens (tertiary/aromatic N) is 2. The van der Waals surface area contributed by atoms with Crippen LogP contribution in [0.1, 0.15) is 0 Å². The molecule has 1 aromatic rings. The molecular weight excluding hydrogens is 140 g/mol. The van der Waals surface area contributed by atoms with E-state index in [9.17, 15) is 4.79 Å². The molecule has 0 unspecified atom stereocenters. The normalized spacial score (nSPS) is 7.56. The minimum Gasteiger partial charge on any atom is -0.288 e. The zero-order valence-corrected chi connectivity index (χ0v) is 5.34. The first-order valence-electron chi connectivity index (χ1n) is 2.15. The molecule has 1 aromatic heterocycles. The molecule has 0 radical (unpaired) electrons. The third-order valence-electron chi connectivity index (χ3n) is 0.660. The van der Waals surface area contributed by atoms with Gasteiger partial charge in [-0.05, 0) is 0 Å². The van der Waals surface area contributed by atoms with Gasteiger partial charge in [0.05, 0.1) is 6.20 Å². The van der Waals surface area contributed by atoms with Crippen LogP contribution in [-0.2, 0) is 0 Å². The summed E-state index contributed by atoms with van der Waals surface area (Å²) in [4.78, 5) is 17.5. The lowest BCUT2D eigenvalue weighted by molar-refractivity contribution is 1.22. The highest BCUT2D eigenvalue weighted by atomic mass is 35.5. The van der Waals surface area contributed by atoms with E-state index in [1.54, 1.807) is 0 Å². The number of hydrogen-bond donors (Lipinski definition) is 0. The van der Waals surface area contributed by atoms with Crippen LogP contribution in [0, 0.1) is 0 Å². The second kappa shape index (κ2) is 3.97. The first-order chi connectivity index (χ1) is 3.89. The van der Waals surface area contributed by atoms with E-state index in [4.69, 9.17) is 0 Å². The van der Waals surface area contributed by atoms with Gasteiger partial charge in [-0.2, -0.15) is 0 Å². The van der Waals surface area contributed by atoms with Crippen molar-refractivity contribution in [2.45, 2.75) is 0 Å². The summed E-state index contributed by atoms with van der Waals surface area (Å²) in [5.41, 5.74) is -0.123. The van der Waals surface area contributed by atoms with Crippen molar-refractivity contribution in [2.24, 2.45) is 0 Å². The molecule has 0 aliphatic rings. The molecule has 0 aliphatic carbocycles. The van der Waals surface area contributed by atoms with E-state index in [0.29, 0.717) is 0 Å². The van der Waals surface area contributed by atoms with Gasteiger partial charge in [0, 0.05) is 12.3 Å². The van der Waals surface area contributed by atoms with Crippen molar-refractivity contribution in [3.05, 3.63) is 35.0 Å². The van der Waals surface area contributed by atoms with Crippen molar-refractivity contribution in [2.75, 3.05) is 0 Å². The van der Waals surface area contributed by atoms with Crippen LogP contribution in [0.4, 0.5) is 0 Å². The highest BCUT2D eigenvalue weighted by Crippen LogP contribution is 1.60. The molecule has 0 aromatic carbocycles. The van der Waals surface area contributed by atoms with E-state index >= 15 is 0 Å². The van der Waals surface area contributed by atoms with Gasteiger partial charge < -0.3 is 0 Å². The summed E-state index contributed by atoms with van der Waals surface area (Å²) in [6.45, 7) is 0. The summed E-state index contributed by atoms with van der Waals surface area (Å²) in [6, 6.07) is 1.35. The maximum absolute atomic E-state index is 10.4. The van der Waals surface area contributed by atoms with Gasteiger partial charge in [0.15, 0.2) is 5.43 Å². The van der Waals surface area contributed by atoms with Crippen LogP contribution in [0.5, 0.6) is 0 Å². The highest BCUT2D eigenvalue weighted by molar-refractivity contribution is 5.85. The van der Waals surface area contributed by atoms with Gasteiger partial charge in [-0.1, -0.05) is 0 Å². The van der Waals surface area contributed by atoms with Gasteiger partial charge in [0.25, 0.3) is 0 Å². The standard InChI is InChI=1S/C5H4N2O.ClH/c8-5-1-2-6-4-7-3-5;/h1-4H;1H. The lowest BCUT2D eigenvalue weighted by Gasteiger charge is -1.55. The molecule has 4 heteroatoms. The molecule has 0 atom stereocenters. The Kier molecular flexibility index (Phi) is 3.55. The van der Waals surface area contributed by atoms with Crippen LogP contribution < -0.4 is 5.43 Å². The van der Waals surface area contributed by atoms with Crippen molar-refractivity contribution in [1.29, 1.82) is 0 Å². The minimum absolute atomic E-state index is 0. The zero-order chi connectivity index (χ0) is 5.82. The van der Waals surface area contributed by atoms with Crippen LogP contribution in [0.25, 0.3) is 0 Å². The van der Waals surface area contributed by atoms with Crippen molar-refractivity contribution in [1.82, 2.24) is 9.97 Å². The van der Waals surface area contributed by atoms with Crippen molar-refractivity contribution < 1.29 is 0 Å². The average molecular weight is 145 g/mol. The molecule has 0 fully saturated rings. The fourth-order valence-electron chi connectivity index (χ4n) is 0.343. The van der Waals surface area contributed by atoms with Crippen molar-refractivity contribution in [3.63, 3.8) is 0 Å². The largest absolute Gasteiger partial charge is 0.288 e. The minimum atomic E-state index is -0.123. The molecular formula is C5H5ClN2O. The van der Waals surface area contributed by atoms with E-state index in [0.717, 1.165) is 0 Å². The molecule has 1 rings (SSSR count). The predicted octanol–water partition coefficient (Wildman–Crippen LogP) is 0.259. The van der Waals surface area contributed by atoms with Gasteiger partial charge >= 0.3 is 0 Å². The first kappa shape index (κ1) is 8.04. The van der Waals surface area contributed by atoms with E-state index in [-0.39, 0.29) is 17.8 Å². The topological polar surface area (TPSA) is 42.9 Å². The Labute approximate surface area is 58.2 Å². The number of halogens is 1. The Bertz CT molecular complexity index is 206. The summed E-state index contributed by atoms with van der Waals surface area (Å²) in [5.74, 6) is 0. The fourth-order valence-corrected chi connectivity index (χ4v) is 0.343. The smallest absolute Gasteiger partial charge is 0.198 e. The molecule has 48 valence electrons. The quantitative estimate of drug-likeness (QED) is 0.525. The molecule has 9 heavy (non-hydrogen) atoms. The third-order valence-corrected chi connectivity index (χ3v) is 0.660. The summed E-state index contributed by atoms with van der Waals surface area (Å²) < 4.78 is 0. The number of rotatable bonds is 0. The first-order valence-corrected chi connectivity index (χ1v) is 2.15. The summed E-state index contributed by atoms with van der Waals surface area (Å²) in [5, 5.41) is 0. The Morgan fingerprint density at radius 2 is 2.11 bits per heavy atom. The summed E-state index contributed by atoms with van der Waals surface area (Å²) in [7, 11) is 0. The molecule has 0 aliphatic heterocycles. The van der Waals surface area contributed by atoms with Crippen LogP contribution >= 0.6 is 12.4 Å². The van der Waals surface area contributed by atoms with Gasteiger partial charge in [0.1, 0.15) is 6.33 Å². The molecule has 1 heterocycles. The van der Waals surface area contributed by atoms with Crippen LogP contribution in [0.3, 0.4) is 0 Å². The van der Waals surface area contributed by atoms with E-state index in [1.807, 2.05) is 0 Å². The number of aromatic nitrogens is 2. The molecule has 0 bridgehead atoms. The average Bonchev–Trinajstić information content (AvgIpc) is 1.94. The Balaban J connectivity index is 0.000000640. The van der Waals surface area contributed by atoms with Gasteiger partial charge in [-0.15, -0.1) is 12.4 Å². The third kappa shape index (κ3) is 2.77. The van der Waals surface area contributed by atoms with Gasteiger partial charge in [0.2, 0.25) is 0 Å². The Hall–Kier alpha value is -0.960. The lowest BCUT2D eigenvalue weighted by Crippen LogP contribution is -1.89. The zero-order valence-electron chi connectivity index (χ0n) is 4.52. The molecule has 0 saturated heterocycles. The van der Waals surface area contributed by atoms with E-state index in [2.05, 4.69) is 9.97 Å². The predicted molar refractivity (Wildman–Crippen MR) is 35.6 cm³/mol. The Morgan fingerprint density at radius 1 is 1.33 bits per heavy atom. The van der Waals surface area contributed by atoms with Gasteiger partial charge in [-0.3, -0.25) is 4.79 Å². The van der Waals surface area contributed by atoms with Crippen molar-refractivity contribution >= 4 is 12.4 Å². The summed E-state index contributed by atoms with van der Waals surface area (Å²) >= 11 is 0. The van der Waals surface area contributed by atoms with Crippen LogP contribution in [-0.4, -0.2) is 9.97 Å². The van der Waals surface area contributed by atoms with E-state index < -0.39 is 0 Å². The summed E-state index contributed by atoms with van der Waals surface area (Å²) in [6.07, 6.45) is 3.95. The maximum atomic E-state index is 10.4. The molecule has 0 spiro atoms. The molecule has 0 saturated carbocycles. The molecule has 0 amide bonds. The number of hydrogen-bond acceptors (Lipinski definition) is 3. The maximum Gasteiger partial charge on any atom is 0.198 e. The second-order valence-corrected chi connectivity index (χ2v) is 1.26. The fraction of sp³-hybridized carbons (Fsp3) is 0. The van der Waals surface area contributed by atoms with Gasteiger partial charge in [-0.25, -0.2) is 9.97 Å². The SMILES string of the molecule is Cl.O=c1ccncnc1. The second-order valence-electron chi connectivity index (χ2n) is 1.26.